The molecule has 0 heterocycles. The van der Waals surface area contributed by atoms with Crippen molar-refractivity contribution in [2.75, 3.05) is 7.11 Å². The molecule has 78 valence electrons. The van der Waals surface area contributed by atoms with Crippen LogP contribution in [0, 0.1) is 5.92 Å². The first-order chi connectivity index (χ1) is 6.08. The molecule has 1 fully saturated rings. The van der Waals surface area contributed by atoms with Gasteiger partial charge in [0.25, 0.3) is 0 Å². The number of hydrogen-bond donors (Lipinski definition) is 1. The van der Waals surface area contributed by atoms with Gasteiger partial charge in [0.2, 0.25) is 0 Å². The summed E-state index contributed by atoms with van der Waals surface area (Å²) in [6.45, 7) is 4.28. The van der Waals surface area contributed by atoms with Gasteiger partial charge in [-0.25, -0.2) is 0 Å². The summed E-state index contributed by atoms with van der Waals surface area (Å²) < 4.78 is 5.47. The highest BCUT2D eigenvalue weighted by molar-refractivity contribution is 4.91. The van der Waals surface area contributed by atoms with Gasteiger partial charge < -0.3 is 9.84 Å². The number of aliphatic hydroxyl groups excluding tert-OH is 1. The minimum Gasteiger partial charge on any atom is -0.393 e. The molecule has 0 aromatic carbocycles. The average molecular weight is 186 g/mol. The Morgan fingerprint density at radius 2 is 2.00 bits per heavy atom. The Kier molecular flexibility index (Phi) is 3.74. The van der Waals surface area contributed by atoms with Crippen molar-refractivity contribution in [3.05, 3.63) is 0 Å². The normalized spacial score (nSPS) is 22.8. The molecule has 0 saturated heterocycles. The van der Waals surface area contributed by atoms with Crippen LogP contribution in [-0.2, 0) is 4.74 Å². The summed E-state index contributed by atoms with van der Waals surface area (Å²) in [5, 5.41) is 9.77. The van der Waals surface area contributed by atoms with Gasteiger partial charge in [-0.15, -0.1) is 0 Å². The van der Waals surface area contributed by atoms with Crippen molar-refractivity contribution in [3.63, 3.8) is 0 Å². The largest absolute Gasteiger partial charge is 0.393 e. The minimum atomic E-state index is -0.180. The van der Waals surface area contributed by atoms with E-state index in [4.69, 9.17) is 4.74 Å². The molecule has 0 aliphatic heterocycles. The van der Waals surface area contributed by atoms with E-state index in [1.165, 1.54) is 6.42 Å². The molecule has 0 amide bonds. The Balaban J connectivity index is 2.29. The monoisotopic (exact) mass is 186 g/mol. The van der Waals surface area contributed by atoms with Crippen LogP contribution in [0.3, 0.4) is 0 Å². The van der Waals surface area contributed by atoms with Gasteiger partial charge in [0, 0.05) is 13.5 Å². The van der Waals surface area contributed by atoms with E-state index >= 15 is 0 Å². The van der Waals surface area contributed by atoms with Crippen LogP contribution in [0.2, 0.25) is 0 Å². The number of rotatable bonds is 5. The molecule has 0 aromatic rings. The van der Waals surface area contributed by atoms with Gasteiger partial charge in [-0.1, -0.05) is 13.8 Å². The molecule has 1 aliphatic carbocycles. The molecule has 1 aliphatic rings. The van der Waals surface area contributed by atoms with E-state index in [1.54, 1.807) is 7.11 Å². The van der Waals surface area contributed by atoms with Crippen LogP contribution in [0.25, 0.3) is 0 Å². The van der Waals surface area contributed by atoms with E-state index in [1.807, 2.05) is 0 Å². The second-order valence-corrected chi connectivity index (χ2v) is 4.73. The van der Waals surface area contributed by atoms with Gasteiger partial charge in [0.15, 0.2) is 0 Å². The highest BCUT2D eigenvalue weighted by Gasteiger charge is 2.38. The smallest absolute Gasteiger partial charge is 0.0703 e. The fourth-order valence-electron chi connectivity index (χ4n) is 2.12. The maximum absolute atomic E-state index is 9.77. The van der Waals surface area contributed by atoms with E-state index in [0.29, 0.717) is 5.92 Å². The minimum absolute atomic E-state index is 0.0221. The summed E-state index contributed by atoms with van der Waals surface area (Å²) in [7, 11) is 1.77. The molecular formula is C11H22O2. The molecule has 1 rings (SSSR count). The van der Waals surface area contributed by atoms with E-state index in [9.17, 15) is 5.11 Å². The summed E-state index contributed by atoms with van der Waals surface area (Å²) in [6.07, 6.45) is 5.03. The zero-order valence-electron chi connectivity index (χ0n) is 9.05. The van der Waals surface area contributed by atoms with Crippen LogP contribution in [-0.4, -0.2) is 23.9 Å². The Hall–Kier alpha value is -0.0800. The average Bonchev–Trinajstić information content (AvgIpc) is 1.95. The van der Waals surface area contributed by atoms with Crippen molar-refractivity contribution in [3.8, 4) is 0 Å². The standard InChI is InChI=1S/C11H22O2/c1-9(2)7-10(12)8-11(13-3)5-4-6-11/h9-10,12H,4-8H2,1-3H3. The molecule has 1 saturated carbocycles. The first-order valence-electron chi connectivity index (χ1n) is 5.31. The highest BCUT2D eigenvalue weighted by atomic mass is 16.5. The molecule has 2 nitrogen and oxygen atoms in total. The topological polar surface area (TPSA) is 29.5 Å². The second kappa shape index (κ2) is 4.43. The Morgan fingerprint density at radius 1 is 1.38 bits per heavy atom. The predicted molar refractivity (Wildman–Crippen MR) is 53.7 cm³/mol. The zero-order valence-corrected chi connectivity index (χ0v) is 9.05. The highest BCUT2D eigenvalue weighted by Crippen LogP contribution is 2.39. The van der Waals surface area contributed by atoms with Crippen molar-refractivity contribution >= 4 is 0 Å². The third kappa shape index (κ3) is 2.96. The van der Waals surface area contributed by atoms with Crippen molar-refractivity contribution < 1.29 is 9.84 Å². The fourth-order valence-corrected chi connectivity index (χ4v) is 2.12. The lowest BCUT2D eigenvalue weighted by molar-refractivity contribution is -0.101. The number of methoxy groups -OCH3 is 1. The molecule has 1 unspecified atom stereocenters. The van der Waals surface area contributed by atoms with Crippen LogP contribution >= 0.6 is 0 Å². The molecule has 0 spiro atoms. The van der Waals surface area contributed by atoms with E-state index in [0.717, 1.165) is 25.7 Å². The third-order valence-electron chi connectivity index (χ3n) is 3.05. The van der Waals surface area contributed by atoms with Gasteiger partial charge in [0.05, 0.1) is 11.7 Å². The van der Waals surface area contributed by atoms with Gasteiger partial charge in [-0.2, -0.15) is 0 Å². The van der Waals surface area contributed by atoms with Crippen LogP contribution < -0.4 is 0 Å². The summed E-state index contributed by atoms with van der Waals surface area (Å²) in [4.78, 5) is 0. The van der Waals surface area contributed by atoms with Crippen molar-refractivity contribution in [1.29, 1.82) is 0 Å². The lowest BCUT2D eigenvalue weighted by Crippen LogP contribution is -2.42. The van der Waals surface area contributed by atoms with Crippen LogP contribution in [0.1, 0.15) is 46.0 Å². The molecule has 0 bridgehead atoms. The lowest BCUT2D eigenvalue weighted by Gasteiger charge is -2.42. The number of ether oxygens (including phenoxy) is 1. The van der Waals surface area contributed by atoms with Crippen LogP contribution in [0.15, 0.2) is 0 Å². The fraction of sp³-hybridized carbons (Fsp3) is 1.00. The maximum Gasteiger partial charge on any atom is 0.0703 e. The molecule has 1 N–H and O–H groups in total. The second-order valence-electron chi connectivity index (χ2n) is 4.73. The predicted octanol–water partition coefficient (Wildman–Crippen LogP) is 2.35. The zero-order chi connectivity index (χ0) is 9.90. The number of hydrogen-bond acceptors (Lipinski definition) is 2. The van der Waals surface area contributed by atoms with Gasteiger partial charge >= 0.3 is 0 Å². The molecule has 13 heavy (non-hydrogen) atoms. The van der Waals surface area contributed by atoms with Gasteiger partial charge in [-0.3, -0.25) is 0 Å². The van der Waals surface area contributed by atoms with Crippen molar-refractivity contribution in [2.45, 2.75) is 57.7 Å². The van der Waals surface area contributed by atoms with Gasteiger partial charge in [-0.05, 0) is 31.6 Å². The SMILES string of the molecule is COC1(CC(O)CC(C)C)CCC1. The summed E-state index contributed by atoms with van der Waals surface area (Å²) in [6, 6.07) is 0. The third-order valence-corrected chi connectivity index (χ3v) is 3.05. The summed E-state index contributed by atoms with van der Waals surface area (Å²) >= 11 is 0. The molecule has 2 heteroatoms. The van der Waals surface area contributed by atoms with E-state index in [-0.39, 0.29) is 11.7 Å². The maximum atomic E-state index is 9.77. The molecule has 0 radical (unpaired) electrons. The molecular weight excluding hydrogens is 164 g/mol. The van der Waals surface area contributed by atoms with Gasteiger partial charge in [0.1, 0.15) is 0 Å². The number of aliphatic hydroxyl groups is 1. The van der Waals surface area contributed by atoms with Crippen LogP contribution in [0.5, 0.6) is 0 Å². The Bertz CT molecular complexity index is 145. The van der Waals surface area contributed by atoms with Crippen LogP contribution in [0.4, 0.5) is 0 Å². The molecule has 0 aromatic heterocycles. The lowest BCUT2D eigenvalue weighted by atomic mass is 9.75. The summed E-state index contributed by atoms with van der Waals surface area (Å²) in [5.41, 5.74) is 0.0221. The molecule has 1 atom stereocenters. The summed E-state index contributed by atoms with van der Waals surface area (Å²) in [5.74, 6) is 0.573. The quantitative estimate of drug-likeness (QED) is 0.714. The van der Waals surface area contributed by atoms with Crippen molar-refractivity contribution in [1.82, 2.24) is 0 Å². The Morgan fingerprint density at radius 3 is 2.31 bits per heavy atom. The Labute approximate surface area is 81.3 Å². The van der Waals surface area contributed by atoms with Crippen molar-refractivity contribution in [2.24, 2.45) is 5.92 Å². The van der Waals surface area contributed by atoms with E-state index in [2.05, 4.69) is 13.8 Å². The first kappa shape index (κ1) is 11.0. The first-order valence-corrected chi connectivity index (χ1v) is 5.31. The van der Waals surface area contributed by atoms with E-state index < -0.39 is 0 Å².